The van der Waals surface area contributed by atoms with Crippen molar-refractivity contribution in [1.82, 2.24) is 0 Å². The molecule has 100 valence electrons. The summed E-state index contributed by atoms with van der Waals surface area (Å²) in [6.45, 7) is 5.05. The van der Waals surface area contributed by atoms with Gasteiger partial charge in [0.05, 0.1) is 16.1 Å². The minimum atomic E-state index is -3.38. The van der Waals surface area contributed by atoms with Crippen molar-refractivity contribution < 1.29 is 17.9 Å². The van der Waals surface area contributed by atoms with Crippen molar-refractivity contribution in [1.29, 1.82) is 0 Å². The molecule has 0 saturated heterocycles. The normalized spacial score (nSPS) is 12.2. The summed E-state index contributed by atoms with van der Waals surface area (Å²) < 4.78 is 28.7. The van der Waals surface area contributed by atoms with Crippen molar-refractivity contribution in [2.45, 2.75) is 25.7 Å². The topological polar surface area (TPSA) is 60.4 Å². The monoisotopic (exact) mass is 270 g/mol. The van der Waals surface area contributed by atoms with Gasteiger partial charge in [-0.15, -0.1) is 0 Å². The first kappa shape index (κ1) is 14.7. The lowest BCUT2D eigenvalue weighted by Crippen LogP contribution is -2.25. The lowest BCUT2D eigenvalue weighted by Gasteiger charge is -2.16. The van der Waals surface area contributed by atoms with E-state index in [9.17, 15) is 13.2 Å². The zero-order chi connectivity index (χ0) is 13.8. The lowest BCUT2D eigenvalue weighted by molar-refractivity contribution is -0.152. The van der Waals surface area contributed by atoms with Gasteiger partial charge in [-0.3, -0.25) is 4.79 Å². The molecule has 0 fully saturated rings. The highest BCUT2D eigenvalue weighted by Gasteiger charge is 2.24. The molecule has 0 atom stereocenters. The highest BCUT2D eigenvalue weighted by Crippen LogP contribution is 2.15. The zero-order valence-electron chi connectivity index (χ0n) is 10.8. The second-order valence-corrected chi connectivity index (χ2v) is 7.13. The van der Waals surface area contributed by atoms with Crippen LogP contribution in [0.15, 0.2) is 35.2 Å². The molecule has 0 saturated carbocycles. The van der Waals surface area contributed by atoms with Crippen molar-refractivity contribution in [2.24, 2.45) is 5.41 Å². The van der Waals surface area contributed by atoms with E-state index < -0.39 is 21.2 Å². The Morgan fingerprint density at radius 3 is 2.22 bits per heavy atom. The van der Waals surface area contributed by atoms with Gasteiger partial charge < -0.3 is 4.74 Å². The minimum absolute atomic E-state index is 0.118. The van der Waals surface area contributed by atoms with Crippen LogP contribution in [-0.4, -0.2) is 26.7 Å². The van der Waals surface area contributed by atoms with E-state index in [0.717, 1.165) is 0 Å². The third-order valence-electron chi connectivity index (χ3n) is 2.30. The van der Waals surface area contributed by atoms with E-state index in [1.807, 2.05) is 0 Å². The summed E-state index contributed by atoms with van der Waals surface area (Å²) in [6, 6.07) is 8.13. The predicted octanol–water partition coefficient (Wildman–Crippen LogP) is 2.05. The van der Waals surface area contributed by atoms with Gasteiger partial charge in [0.2, 0.25) is 0 Å². The number of esters is 1. The Kier molecular flexibility index (Phi) is 4.51. The Labute approximate surface area is 108 Å². The van der Waals surface area contributed by atoms with Gasteiger partial charge in [0.15, 0.2) is 9.84 Å². The number of sulfone groups is 1. The summed E-state index contributed by atoms with van der Waals surface area (Å²) in [6.07, 6.45) is 0. The van der Waals surface area contributed by atoms with Gasteiger partial charge in [0.1, 0.15) is 6.61 Å². The van der Waals surface area contributed by atoms with Crippen LogP contribution in [0.3, 0.4) is 0 Å². The molecule has 0 bridgehead atoms. The largest absolute Gasteiger partial charge is 0.464 e. The first-order valence-electron chi connectivity index (χ1n) is 5.68. The van der Waals surface area contributed by atoms with Crippen LogP contribution in [0.25, 0.3) is 0 Å². The fraction of sp³-hybridized carbons (Fsp3) is 0.462. The van der Waals surface area contributed by atoms with Crippen LogP contribution in [0.1, 0.15) is 20.8 Å². The number of benzene rings is 1. The molecule has 0 aromatic heterocycles. The average Bonchev–Trinajstić information content (AvgIpc) is 2.28. The van der Waals surface area contributed by atoms with E-state index in [2.05, 4.69) is 0 Å². The number of ether oxygens (including phenoxy) is 1. The summed E-state index contributed by atoms with van der Waals surface area (Å²) in [4.78, 5) is 11.7. The molecule has 0 heterocycles. The van der Waals surface area contributed by atoms with Gasteiger partial charge in [-0.05, 0) is 32.9 Å². The van der Waals surface area contributed by atoms with Gasteiger partial charge in [0.25, 0.3) is 0 Å². The van der Waals surface area contributed by atoms with E-state index in [1.165, 1.54) is 12.1 Å². The zero-order valence-corrected chi connectivity index (χ0v) is 11.7. The minimum Gasteiger partial charge on any atom is -0.464 e. The average molecular weight is 270 g/mol. The molecule has 0 unspecified atom stereocenters. The molecule has 0 N–H and O–H groups in total. The molecule has 5 heteroatoms. The Hall–Kier alpha value is -1.36. The van der Waals surface area contributed by atoms with Gasteiger partial charge in [-0.2, -0.15) is 0 Å². The van der Waals surface area contributed by atoms with E-state index in [1.54, 1.807) is 39.0 Å². The molecule has 1 aromatic rings. The fourth-order valence-corrected chi connectivity index (χ4v) is 2.32. The van der Waals surface area contributed by atoms with Crippen molar-refractivity contribution in [2.75, 3.05) is 12.4 Å². The smallest absolute Gasteiger partial charge is 0.311 e. The van der Waals surface area contributed by atoms with E-state index in [4.69, 9.17) is 4.74 Å². The van der Waals surface area contributed by atoms with Crippen LogP contribution >= 0.6 is 0 Å². The predicted molar refractivity (Wildman–Crippen MR) is 68.9 cm³/mol. The maximum atomic E-state index is 11.9. The van der Waals surface area contributed by atoms with Crippen LogP contribution in [0.4, 0.5) is 0 Å². The van der Waals surface area contributed by atoms with Crippen molar-refractivity contribution in [3.63, 3.8) is 0 Å². The molecule has 0 aliphatic heterocycles. The van der Waals surface area contributed by atoms with Gasteiger partial charge >= 0.3 is 5.97 Å². The van der Waals surface area contributed by atoms with Crippen LogP contribution in [0.2, 0.25) is 0 Å². The third kappa shape index (κ3) is 4.14. The standard InChI is InChI=1S/C13H18O4S/c1-13(2,3)12(14)17-9-10-18(15,16)11-7-5-4-6-8-11/h4-8H,9-10H2,1-3H3. The summed E-state index contributed by atoms with van der Waals surface area (Å²) >= 11 is 0. The van der Waals surface area contributed by atoms with Gasteiger partial charge in [-0.1, -0.05) is 18.2 Å². The van der Waals surface area contributed by atoms with E-state index in [-0.39, 0.29) is 17.3 Å². The van der Waals surface area contributed by atoms with Crippen molar-refractivity contribution >= 4 is 15.8 Å². The summed E-state index contributed by atoms with van der Waals surface area (Å²) in [5.74, 6) is -0.593. The van der Waals surface area contributed by atoms with Crippen LogP contribution in [0, 0.1) is 5.41 Å². The number of hydrogen-bond acceptors (Lipinski definition) is 4. The Morgan fingerprint density at radius 1 is 1.17 bits per heavy atom. The fourth-order valence-electron chi connectivity index (χ4n) is 1.21. The number of hydrogen-bond donors (Lipinski definition) is 0. The second-order valence-electron chi connectivity index (χ2n) is 5.02. The Balaban J connectivity index is 2.57. The quantitative estimate of drug-likeness (QED) is 0.786. The van der Waals surface area contributed by atoms with E-state index in [0.29, 0.717) is 0 Å². The molecule has 1 aromatic carbocycles. The highest BCUT2D eigenvalue weighted by molar-refractivity contribution is 7.91. The van der Waals surface area contributed by atoms with Crippen LogP contribution in [0.5, 0.6) is 0 Å². The van der Waals surface area contributed by atoms with Gasteiger partial charge in [0, 0.05) is 0 Å². The summed E-state index contributed by atoms with van der Waals surface area (Å²) in [5, 5.41) is 0. The number of rotatable bonds is 4. The first-order valence-corrected chi connectivity index (χ1v) is 7.34. The summed E-state index contributed by atoms with van der Waals surface area (Å²) in [5.41, 5.74) is -0.615. The number of carbonyl (C=O) groups excluding carboxylic acids is 1. The van der Waals surface area contributed by atoms with Crippen LogP contribution in [-0.2, 0) is 19.4 Å². The molecular formula is C13H18O4S. The molecule has 18 heavy (non-hydrogen) atoms. The van der Waals surface area contributed by atoms with Gasteiger partial charge in [-0.25, -0.2) is 8.42 Å². The number of carbonyl (C=O) groups is 1. The molecule has 4 nitrogen and oxygen atoms in total. The lowest BCUT2D eigenvalue weighted by atomic mass is 9.97. The molecule has 1 rings (SSSR count). The Morgan fingerprint density at radius 2 is 1.72 bits per heavy atom. The maximum absolute atomic E-state index is 11.9. The maximum Gasteiger partial charge on any atom is 0.311 e. The first-order chi connectivity index (χ1) is 8.23. The second kappa shape index (κ2) is 5.52. The molecule has 0 radical (unpaired) electrons. The summed E-state index contributed by atoms with van der Waals surface area (Å²) in [7, 11) is -3.38. The molecular weight excluding hydrogens is 252 g/mol. The molecule has 0 spiro atoms. The molecule has 0 amide bonds. The van der Waals surface area contributed by atoms with E-state index >= 15 is 0 Å². The van der Waals surface area contributed by atoms with Crippen LogP contribution < -0.4 is 0 Å². The molecule has 0 aliphatic rings. The van der Waals surface area contributed by atoms with Crippen molar-refractivity contribution in [3.05, 3.63) is 30.3 Å². The third-order valence-corrected chi connectivity index (χ3v) is 3.99. The van der Waals surface area contributed by atoms with Crippen molar-refractivity contribution in [3.8, 4) is 0 Å². The SMILES string of the molecule is CC(C)(C)C(=O)OCCS(=O)(=O)c1ccccc1. The molecule has 0 aliphatic carbocycles. The Bertz CT molecular complexity index is 498. The highest BCUT2D eigenvalue weighted by atomic mass is 32.2.